The van der Waals surface area contributed by atoms with Gasteiger partial charge in [0.25, 0.3) is 0 Å². The Morgan fingerprint density at radius 2 is 2.00 bits per heavy atom. The zero-order valence-corrected chi connectivity index (χ0v) is 11.5. The van der Waals surface area contributed by atoms with Gasteiger partial charge in [-0.2, -0.15) is 0 Å². The lowest BCUT2D eigenvalue weighted by Gasteiger charge is -2.07. The Bertz CT molecular complexity index is 542. The van der Waals surface area contributed by atoms with E-state index in [9.17, 15) is 4.79 Å². The van der Waals surface area contributed by atoms with Crippen LogP contribution in [0.5, 0.6) is 0 Å². The molecule has 3 nitrogen and oxygen atoms in total. The van der Waals surface area contributed by atoms with Crippen molar-refractivity contribution in [3.05, 3.63) is 44.9 Å². The van der Waals surface area contributed by atoms with Crippen LogP contribution in [0.4, 0.5) is 0 Å². The fourth-order valence-corrected chi connectivity index (χ4v) is 2.62. The molecule has 0 amide bonds. The Morgan fingerprint density at radius 1 is 1.28 bits per heavy atom. The van der Waals surface area contributed by atoms with Crippen molar-refractivity contribution >= 4 is 11.3 Å². The molecule has 96 valence electrons. The fourth-order valence-electron chi connectivity index (χ4n) is 1.80. The average Bonchev–Trinajstić information content (AvgIpc) is 2.71. The van der Waals surface area contributed by atoms with Gasteiger partial charge in [0, 0.05) is 11.4 Å². The van der Waals surface area contributed by atoms with Crippen molar-refractivity contribution in [1.29, 1.82) is 0 Å². The number of H-pyrrole nitrogens is 1. The van der Waals surface area contributed by atoms with Gasteiger partial charge < -0.3 is 10.3 Å². The van der Waals surface area contributed by atoms with Crippen LogP contribution in [0.2, 0.25) is 0 Å². The minimum absolute atomic E-state index is 0.00944. The van der Waals surface area contributed by atoms with Crippen LogP contribution < -0.4 is 10.2 Å². The molecule has 0 aliphatic carbocycles. The monoisotopic (exact) mass is 262 g/mol. The van der Waals surface area contributed by atoms with Gasteiger partial charge in [-0.05, 0) is 18.0 Å². The summed E-state index contributed by atoms with van der Waals surface area (Å²) in [5.74, 6) is 0.612. The van der Waals surface area contributed by atoms with E-state index in [0.717, 1.165) is 29.2 Å². The molecule has 2 aromatic rings. The van der Waals surface area contributed by atoms with Crippen molar-refractivity contribution in [3.63, 3.8) is 0 Å². The normalized spacial score (nSPS) is 11.1. The van der Waals surface area contributed by atoms with Gasteiger partial charge in [-0.3, -0.25) is 4.79 Å². The van der Waals surface area contributed by atoms with Gasteiger partial charge in [-0.15, -0.1) is 0 Å². The molecule has 0 fully saturated rings. The molecule has 0 saturated carbocycles. The fraction of sp³-hybridized carbons (Fsp3) is 0.357. The van der Waals surface area contributed by atoms with Crippen LogP contribution >= 0.6 is 11.3 Å². The van der Waals surface area contributed by atoms with E-state index in [-0.39, 0.29) is 4.87 Å². The Kier molecular flexibility index (Phi) is 4.33. The second-order valence-corrected chi connectivity index (χ2v) is 5.77. The Hall–Kier alpha value is -1.39. The van der Waals surface area contributed by atoms with E-state index in [0.29, 0.717) is 5.92 Å². The summed E-state index contributed by atoms with van der Waals surface area (Å²) in [6.07, 6.45) is 0. The van der Waals surface area contributed by atoms with Gasteiger partial charge in [-0.1, -0.05) is 55.5 Å². The lowest BCUT2D eigenvalue weighted by atomic mass is 10.1. The smallest absolute Gasteiger partial charge is 0.305 e. The van der Waals surface area contributed by atoms with Crippen molar-refractivity contribution in [2.75, 3.05) is 6.54 Å². The first-order chi connectivity index (χ1) is 8.66. The maximum Gasteiger partial charge on any atom is 0.305 e. The van der Waals surface area contributed by atoms with E-state index >= 15 is 0 Å². The molecule has 0 atom stereocenters. The number of nitrogens with one attached hydrogen (secondary N) is 2. The van der Waals surface area contributed by atoms with Crippen molar-refractivity contribution in [2.24, 2.45) is 5.92 Å². The highest BCUT2D eigenvalue weighted by atomic mass is 32.1. The summed E-state index contributed by atoms with van der Waals surface area (Å²) in [7, 11) is 0. The van der Waals surface area contributed by atoms with Gasteiger partial charge in [0.05, 0.1) is 5.69 Å². The average molecular weight is 262 g/mol. The number of hydrogen-bond acceptors (Lipinski definition) is 3. The van der Waals surface area contributed by atoms with E-state index < -0.39 is 0 Å². The maximum absolute atomic E-state index is 11.5. The standard InChI is InChI=1S/C14H18N2OS/c1-10(2)8-15-9-12-13(16-14(17)18-12)11-6-4-3-5-7-11/h3-7,10,15H,8-9H2,1-2H3,(H,16,17). The van der Waals surface area contributed by atoms with Crippen LogP contribution in [0.15, 0.2) is 35.1 Å². The SMILES string of the molecule is CC(C)CNCc1sc(=O)[nH]c1-c1ccccc1. The highest BCUT2D eigenvalue weighted by molar-refractivity contribution is 7.09. The predicted octanol–water partition coefficient (Wildman–Crippen LogP) is 2.85. The molecular weight excluding hydrogens is 244 g/mol. The molecule has 0 aliphatic rings. The quantitative estimate of drug-likeness (QED) is 0.870. The lowest BCUT2D eigenvalue weighted by molar-refractivity contribution is 0.555. The summed E-state index contributed by atoms with van der Waals surface area (Å²) in [5, 5.41) is 3.38. The van der Waals surface area contributed by atoms with E-state index in [2.05, 4.69) is 24.1 Å². The Labute approximate surface area is 111 Å². The number of benzene rings is 1. The molecule has 18 heavy (non-hydrogen) atoms. The molecule has 1 aromatic carbocycles. The molecule has 0 saturated heterocycles. The molecule has 4 heteroatoms. The van der Waals surface area contributed by atoms with Crippen molar-refractivity contribution in [1.82, 2.24) is 10.3 Å². The number of hydrogen-bond donors (Lipinski definition) is 2. The third-order valence-corrected chi connectivity index (χ3v) is 3.50. The number of aromatic nitrogens is 1. The number of rotatable bonds is 5. The molecule has 0 aliphatic heterocycles. The minimum Gasteiger partial charge on any atom is -0.312 e. The van der Waals surface area contributed by atoms with Crippen LogP contribution in [0.1, 0.15) is 18.7 Å². The summed E-state index contributed by atoms with van der Waals surface area (Å²) >= 11 is 1.29. The van der Waals surface area contributed by atoms with Gasteiger partial charge in [0.2, 0.25) is 0 Å². The van der Waals surface area contributed by atoms with Crippen LogP contribution in [0, 0.1) is 5.92 Å². The van der Waals surface area contributed by atoms with Crippen molar-refractivity contribution in [2.45, 2.75) is 20.4 Å². The summed E-state index contributed by atoms with van der Waals surface area (Å²) in [5.41, 5.74) is 2.01. The van der Waals surface area contributed by atoms with Gasteiger partial charge >= 0.3 is 4.87 Å². The van der Waals surface area contributed by atoms with E-state index in [1.807, 2.05) is 30.3 Å². The van der Waals surface area contributed by atoms with Crippen LogP contribution in [-0.2, 0) is 6.54 Å². The van der Waals surface area contributed by atoms with Gasteiger partial charge in [-0.25, -0.2) is 0 Å². The Balaban J connectivity index is 2.18. The summed E-state index contributed by atoms with van der Waals surface area (Å²) in [6.45, 7) is 6.04. The molecule has 0 unspecified atom stereocenters. The summed E-state index contributed by atoms with van der Waals surface area (Å²) in [6, 6.07) is 9.98. The minimum atomic E-state index is 0.00944. The molecular formula is C14H18N2OS. The highest BCUT2D eigenvalue weighted by Crippen LogP contribution is 2.22. The van der Waals surface area contributed by atoms with E-state index in [4.69, 9.17) is 0 Å². The second-order valence-electron chi connectivity index (χ2n) is 4.70. The summed E-state index contributed by atoms with van der Waals surface area (Å²) in [4.78, 5) is 15.5. The predicted molar refractivity (Wildman–Crippen MR) is 76.9 cm³/mol. The first-order valence-electron chi connectivity index (χ1n) is 6.15. The maximum atomic E-state index is 11.5. The zero-order valence-electron chi connectivity index (χ0n) is 10.7. The molecule has 2 N–H and O–H groups in total. The first kappa shape index (κ1) is 13.1. The zero-order chi connectivity index (χ0) is 13.0. The summed E-state index contributed by atoms with van der Waals surface area (Å²) < 4.78 is 0. The molecule has 2 rings (SSSR count). The van der Waals surface area contributed by atoms with E-state index in [1.165, 1.54) is 11.3 Å². The molecule has 0 radical (unpaired) electrons. The lowest BCUT2D eigenvalue weighted by Crippen LogP contribution is -2.18. The topological polar surface area (TPSA) is 44.9 Å². The largest absolute Gasteiger partial charge is 0.312 e. The molecule has 1 aromatic heterocycles. The Morgan fingerprint density at radius 3 is 2.67 bits per heavy atom. The molecule has 1 heterocycles. The third-order valence-electron chi connectivity index (χ3n) is 2.62. The van der Waals surface area contributed by atoms with E-state index in [1.54, 1.807) is 0 Å². The van der Waals surface area contributed by atoms with Crippen molar-refractivity contribution in [3.8, 4) is 11.3 Å². The number of aromatic amines is 1. The first-order valence-corrected chi connectivity index (χ1v) is 6.96. The van der Waals surface area contributed by atoms with Gasteiger partial charge in [0.15, 0.2) is 0 Å². The molecule has 0 spiro atoms. The number of thiazole rings is 1. The van der Waals surface area contributed by atoms with Crippen LogP contribution in [-0.4, -0.2) is 11.5 Å². The van der Waals surface area contributed by atoms with Crippen molar-refractivity contribution < 1.29 is 0 Å². The molecule has 0 bridgehead atoms. The second kappa shape index (κ2) is 5.98. The third kappa shape index (κ3) is 3.31. The highest BCUT2D eigenvalue weighted by Gasteiger charge is 2.09. The van der Waals surface area contributed by atoms with Gasteiger partial charge in [0.1, 0.15) is 0 Å². The van der Waals surface area contributed by atoms with Crippen LogP contribution in [0.25, 0.3) is 11.3 Å². The van der Waals surface area contributed by atoms with Crippen LogP contribution in [0.3, 0.4) is 0 Å².